The van der Waals surface area contributed by atoms with Crippen molar-refractivity contribution in [1.82, 2.24) is 4.57 Å². The molecule has 0 saturated heterocycles. The summed E-state index contributed by atoms with van der Waals surface area (Å²) in [6, 6.07) is 1.77. The number of carboxylic acid groups (broad SMARTS) is 1. The third-order valence-corrected chi connectivity index (χ3v) is 2.71. The first-order valence-corrected chi connectivity index (χ1v) is 5.88. The molecule has 0 fully saturated rings. The Morgan fingerprint density at radius 2 is 2.19 bits per heavy atom. The van der Waals surface area contributed by atoms with E-state index in [1.165, 1.54) is 0 Å². The molecule has 0 aliphatic heterocycles. The molecule has 0 bridgehead atoms. The van der Waals surface area contributed by atoms with E-state index in [1.54, 1.807) is 23.8 Å². The molecule has 0 aliphatic carbocycles. The zero-order chi connectivity index (χ0) is 12.1. The smallest absolute Gasteiger partial charge is 0.303 e. The van der Waals surface area contributed by atoms with Gasteiger partial charge in [0.15, 0.2) is 0 Å². The van der Waals surface area contributed by atoms with Gasteiger partial charge < -0.3 is 9.67 Å². The lowest BCUT2D eigenvalue weighted by atomic mass is 10.2. The molecule has 1 rings (SSSR count). The van der Waals surface area contributed by atoms with Crippen molar-refractivity contribution in [2.75, 3.05) is 0 Å². The van der Waals surface area contributed by atoms with Gasteiger partial charge in [0.2, 0.25) is 0 Å². The van der Waals surface area contributed by atoms with E-state index in [4.69, 9.17) is 5.11 Å². The summed E-state index contributed by atoms with van der Waals surface area (Å²) in [5, 5.41) is 8.48. The second kappa shape index (κ2) is 5.84. The van der Waals surface area contributed by atoms with Gasteiger partial charge in [0.05, 0.1) is 0 Å². The SMILES string of the molecule is Cc1cc(Br)cn(CCCCC(=O)O)c1=O. The first-order chi connectivity index (χ1) is 7.50. The van der Waals surface area contributed by atoms with Crippen LogP contribution in [-0.4, -0.2) is 15.6 Å². The minimum atomic E-state index is -0.794. The van der Waals surface area contributed by atoms with Crippen LogP contribution in [0.1, 0.15) is 24.8 Å². The molecule has 0 saturated carbocycles. The molecule has 0 radical (unpaired) electrons. The summed E-state index contributed by atoms with van der Waals surface area (Å²) >= 11 is 3.33. The minimum Gasteiger partial charge on any atom is -0.481 e. The average molecular weight is 288 g/mol. The molecule has 16 heavy (non-hydrogen) atoms. The van der Waals surface area contributed by atoms with Crippen molar-refractivity contribution in [3.63, 3.8) is 0 Å². The fraction of sp³-hybridized carbons (Fsp3) is 0.455. The van der Waals surface area contributed by atoms with Gasteiger partial charge in [-0.1, -0.05) is 0 Å². The van der Waals surface area contributed by atoms with E-state index >= 15 is 0 Å². The van der Waals surface area contributed by atoms with Crippen LogP contribution in [0.5, 0.6) is 0 Å². The number of carboxylic acids is 1. The van der Waals surface area contributed by atoms with Crippen LogP contribution in [0.4, 0.5) is 0 Å². The second-order valence-corrected chi connectivity index (χ2v) is 4.61. The molecule has 1 aromatic rings. The van der Waals surface area contributed by atoms with E-state index in [2.05, 4.69) is 15.9 Å². The zero-order valence-electron chi connectivity index (χ0n) is 9.07. The third-order valence-electron chi connectivity index (χ3n) is 2.27. The van der Waals surface area contributed by atoms with Crippen LogP contribution in [-0.2, 0) is 11.3 Å². The molecule has 1 N–H and O–H groups in total. The molecule has 0 spiro atoms. The first-order valence-electron chi connectivity index (χ1n) is 5.09. The number of carbonyl (C=O) groups is 1. The molecule has 0 amide bonds. The van der Waals surface area contributed by atoms with E-state index < -0.39 is 5.97 Å². The lowest BCUT2D eigenvalue weighted by molar-refractivity contribution is -0.137. The Balaban J connectivity index is 2.60. The Bertz CT molecular complexity index is 439. The highest BCUT2D eigenvalue weighted by Crippen LogP contribution is 2.09. The number of hydrogen-bond acceptors (Lipinski definition) is 2. The number of aliphatic carboxylic acids is 1. The van der Waals surface area contributed by atoms with Crippen molar-refractivity contribution in [1.29, 1.82) is 0 Å². The largest absolute Gasteiger partial charge is 0.481 e. The van der Waals surface area contributed by atoms with Gasteiger partial charge in [-0.15, -0.1) is 0 Å². The van der Waals surface area contributed by atoms with Crippen molar-refractivity contribution in [2.24, 2.45) is 0 Å². The van der Waals surface area contributed by atoms with Crippen molar-refractivity contribution in [2.45, 2.75) is 32.7 Å². The number of rotatable bonds is 5. The highest BCUT2D eigenvalue weighted by Gasteiger charge is 2.02. The summed E-state index contributed by atoms with van der Waals surface area (Å²) in [4.78, 5) is 22.0. The van der Waals surface area contributed by atoms with E-state index in [1.807, 2.05) is 0 Å². The molecule has 5 heteroatoms. The monoisotopic (exact) mass is 287 g/mol. The highest BCUT2D eigenvalue weighted by atomic mass is 79.9. The standard InChI is InChI=1S/C11H14BrNO3/c1-8-6-9(12)7-13(11(8)16)5-3-2-4-10(14)15/h6-7H,2-5H2,1H3,(H,14,15). The van der Waals surface area contributed by atoms with E-state index in [0.29, 0.717) is 24.9 Å². The summed E-state index contributed by atoms with van der Waals surface area (Å²) in [7, 11) is 0. The summed E-state index contributed by atoms with van der Waals surface area (Å²) in [6.07, 6.45) is 3.17. The summed E-state index contributed by atoms with van der Waals surface area (Å²) in [5.41, 5.74) is 0.672. The number of pyridine rings is 1. The molecule has 0 atom stereocenters. The number of unbranched alkanes of at least 4 members (excludes halogenated alkanes) is 1. The average Bonchev–Trinajstić information content (AvgIpc) is 2.19. The third kappa shape index (κ3) is 3.81. The Hall–Kier alpha value is -1.10. The van der Waals surface area contributed by atoms with Gasteiger partial charge in [0.25, 0.3) is 5.56 Å². The molecule has 1 heterocycles. The van der Waals surface area contributed by atoms with E-state index in [9.17, 15) is 9.59 Å². The van der Waals surface area contributed by atoms with Gasteiger partial charge in [-0.3, -0.25) is 9.59 Å². The second-order valence-electron chi connectivity index (χ2n) is 3.69. The predicted octanol–water partition coefficient (Wildman–Crippen LogP) is 2.17. The maximum atomic E-state index is 11.7. The van der Waals surface area contributed by atoms with Crippen molar-refractivity contribution < 1.29 is 9.90 Å². The summed E-state index contributed by atoms with van der Waals surface area (Å²) in [6.45, 7) is 2.33. The lowest BCUT2D eigenvalue weighted by Gasteiger charge is -2.06. The van der Waals surface area contributed by atoms with Gasteiger partial charge in [-0.2, -0.15) is 0 Å². The maximum absolute atomic E-state index is 11.7. The van der Waals surface area contributed by atoms with Crippen LogP contribution in [0.25, 0.3) is 0 Å². The normalized spacial score (nSPS) is 10.4. The van der Waals surface area contributed by atoms with Gasteiger partial charge in [-0.05, 0) is 41.8 Å². The van der Waals surface area contributed by atoms with Gasteiger partial charge in [-0.25, -0.2) is 0 Å². The Morgan fingerprint density at radius 3 is 2.81 bits per heavy atom. The fourth-order valence-corrected chi connectivity index (χ4v) is 2.05. The van der Waals surface area contributed by atoms with Crippen LogP contribution in [0.15, 0.2) is 21.5 Å². The molecule has 0 unspecified atom stereocenters. The molecule has 1 aromatic heterocycles. The zero-order valence-corrected chi connectivity index (χ0v) is 10.7. The number of aromatic nitrogens is 1. The first kappa shape index (κ1) is 13.0. The Morgan fingerprint density at radius 1 is 1.50 bits per heavy atom. The molecule has 4 nitrogen and oxygen atoms in total. The van der Waals surface area contributed by atoms with Crippen LogP contribution >= 0.6 is 15.9 Å². The van der Waals surface area contributed by atoms with Crippen molar-refractivity contribution >= 4 is 21.9 Å². The summed E-state index contributed by atoms with van der Waals surface area (Å²) in [5.74, 6) is -0.794. The minimum absolute atomic E-state index is 0.0153. The topological polar surface area (TPSA) is 59.3 Å². The number of aryl methyl sites for hydroxylation is 2. The summed E-state index contributed by atoms with van der Waals surface area (Å²) < 4.78 is 2.48. The number of nitrogens with zero attached hydrogens (tertiary/aromatic N) is 1. The van der Waals surface area contributed by atoms with Gasteiger partial charge >= 0.3 is 5.97 Å². The van der Waals surface area contributed by atoms with Gasteiger partial charge in [0.1, 0.15) is 0 Å². The number of halogens is 1. The van der Waals surface area contributed by atoms with Crippen LogP contribution < -0.4 is 5.56 Å². The Kier molecular flexibility index (Phi) is 4.73. The Labute approximate surface area is 102 Å². The number of hydrogen-bond donors (Lipinski definition) is 1. The van der Waals surface area contributed by atoms with Crippen LogP contribution in [0.2, 0.25) is 0 Å². The molecule has 0 aliphatic rings. The maximum Gasteiger partial charge on any atom is 0.303 e. The quantitative estimate of drug-likeness (QED) is 0.845. The molecular weight excluding hydrogens is 274 g/mol. The molecule has 0 aromatic carbocycles. The lowest BCUT2D eigenvalue weighted by Crippen LogP contribution is -2.21. The van der Waals surface area contributed by atoms with E-state index in [0.717, 1.165) is 4.47 Å². The van der Waals surface area contributed by atoms with Crippen molar-refractivity contribution in [3.05, 3.63) is 32.7 Å². The van der Waals surface area contributed by atoms with Crippen LogP contribution in [0, 0.1) is 6.92 Å². The fourth-order valence-electron chi connectivity index (χ4n) is 1.46. The van der Waals surface area contributed by atoms with Crippen LogP contribution in [0.3, 0.4) is 0 Å². The predicted molar refractivity (Wildman–Crippen MR) is 64.6 cm³/mol. The highest BCUT2D eigenvalue weighted by molar-refractivity contribution is 9.10. The molecule has 88 valence electrons. The van der Waals surface area contributed by atoms with Gasteiger partial charge in [0, 0.05) is 29.2 Å². The molecular formula is C11H14BrNO3. The van der Waals surface area contributed by atoms with E-state index in [-0.39, 0.29) is 12.0 Å². The van der Waals surface area contributed by atoms with Crippen molar-refractivity contribution in [3.8, 4) is 0 Å².